The largest absolute Gasteiger partial charge is 0.481 e. The molecule has 0 aromatic heterocycles. The number of benzene rings is 1. The molecular formula is C20H26FNO5. The van der Waals surface area contributed by atoms with Crippen molar-refractivity contribution in [1.29, 1.82) is 0 Å². The van der Waals surface area contributed by atoms with Crippen molar-refractivity contribution in [3.63, 3.8) is 0 Å². The van der Waals surface area contributed by atoms with Crippen LogP contribution < -0.4 is 0 Å². The minimum Gasteiger partial charge on any atom is -0.481 e. The Morgan fingerprint density at radius 1 is 1.30 bits per heavy atom. The lowest BCUT2D eigenvalue weighted by Crippen LogP contribution is -2.57. The van der Waals surface area contributed by atoms with E-state index >= 15 is 0 Å². The molecule has 0 spiro atoms. The maximum absolute atomic E-state index is 13.9. The number of carbonyl (C=O) groups excluding carboxylic acids is 1. The number of nitrogens with zero attached hydrogens (tertiary/aromatic N) is 1. The maximum Gasteiger partial charge on any atom is 0.313 e. The Kier molecular flexibility index (Phi) is 5.81. The van der Waals surface area contributed by atoms with Crippen LogP contribution in [-0.2, 0) is 24.5 Å². The fourth-order valence-corrected chi connectivity index (χ4v) is 4.37. The summed E-state index contributed by atoms with van der Waals surface area (Å²) >= 11 is 0. The first-order valence-electron chi connectivity index (χ1n) is 9.29. The summed E-state index contributed by atoms with van der Waals surface area (Å²) in [4.78, 5) is 27.2. The second-order valence-electron chi connectivity index (χ2n) is 7.55. The van der Waals surface area contributed by atoms with Crippen LogP contribution in [0.2, 0.25) is 0 Å². The van der Waals surface area contributed by atoms with Crippen LogP contribution in [0.25, 0.3) is 0 Å². The molecule has 27 heavy (non-hydrogen) atoms. The van der Waals surface area contributed by atoms with Crippen molar-refractivity contribution in [2.75, 3.05) is 40.0 Å². The molecule has 1 N–H and O–H groups in total. The molecule has 1 amide bonds. The summed E-state index contributed by atoms with van der Waals surface area (Å²) in [6, 6.07) is 6.15. The second kappa shape index (κ2) is 7.94. The third kappa shape index (κ3) is 3.71. The minimum atomic E-state index is -1.10. The zero-order valence-electron chi connectivity index (χ0n) is 15.6. The average Bonchev–Trinajstić information content (AvgIpc) is 2.68. The van der Waals surface area contributed by atoms with Crippen molar-refractivity contribution < 1.29 is 28.6 Å². The number of hydrogen-bond acceptors (Lipinski definition) is 4. The molecule has 2 aliphatic rings. The molecule has 2 heterocycles. The Balaban J connectivity index is 1.93. The number of carboxylic acid groups (broad SMARTS) is 1. The SMILES string of the molecule is COCC1(C(=O)O)CCCN(C(=O)C2(c3cccc(F)c3)CCOCC2)C1. The molecule has 1 aromatic rings. The molecule has 0 saturated carbocycles. The summed E-state index contributed by atoms with van der Waals surface area (Å²) in [7, 11) is 1.47. The number of likely N-dealkylation sites (tertiary alicyclic amines) is 1. The van der Waals surface area contributed by atoms with Crippen molar-refractivity contribution in [3.8, 4) is 0 Å². The Bertz CT molecular complexity index is 699. The summed E-state index contributed by atoms with van der Waals surface area (Å²) in [5.74, 6) is -1.48. The Hall–Kier alpha value is -1.99. The second-order valence-corrected chi connectivity index (χ2v) is 7.55. The number of rotatable bonds is 5. The molecule has 7 heteroatoms. The molecule has 6 nitrogen and oxygen atoms in total. The number of piperidine rings is 1. The first-order valence-corrected chi connectivity index (χ1v) is 9.29. The van der Waals surface area contributed by atoms with E-state index < -0.39 is 16.8 Å². The third-order valence-electron chi connectivity index (χ3n) is 5.87. The lowest BCUT2D eigenvalue weighted by atomic mass is 9.71. The standard InChI is InChI=1S/C20H26FNO5/c1-26-14-19(18(24)25)6-3-9-22(13-19)17(23)20(7-10-27-11-8-20)15-4-2-5-16(21)12-15/h2,4-5,12H,3,6-11,13-14H2,1H3,(H,24,25). The van der Waals surface area contributed by atoms with Gasteiger partial charge in [0.15, 0.2) is 0 Å². The van der Waals surface area contributed by atoms with Gasteiger partial charge in [-0.1, -0.05) is 12.1 Å². The van der Waals surface area contributed by atoms with E-state index in [0.29, 0.717) is 51.0 Å². The van der Waals surface area contributed by atoms with Gasteiger partial charge in [0, 0.05) is 33.4 Å². The zero-order chi connectivity index (χ0) is 19.5. The predicted molar refractivity (Wildman–Crippen MR) is 95.9 cm³/mol. The van der Waals surface area contributed by atoms with Gasteiger partial charge in [-0.3, -0.25) is 9.59 Å². The van der Waals surface area contributed by atoms with Crippen molar-refractivity contribution in [2.45, 2.75) is 31.1 Å². The summed E-state index contributed by atoms with van der Waals surface area (Å²) in [5, 5.41) is 9.76. The summed E-state index contributed by atoms with van der Waals surface area (Å²) in [6.07, 6.45) is 1.97. The highest BCUT2D eigenvalue weighted by Gasteiger charge is 2.49. The molecule has 2 saturated heterocycles. The van der Waals surface area contributed by atoms with Gasteiger partial charge in [-0.25, -0.2) is 4.39 Å². The summed E-state index contributed by atoms with van der Waals surface area (Å²) in [5.41, 5.74) is -1.35. The van der Waals surface area contributed by atoms with Crippen molar-refractivity contribution in [2.24, 2.45) is 5.41 Å². The van der Waals surface area contributed by atoms with Gasteiger partial charge >= 0.3 is 5.97 Å². The number of carbonyl (C=O) groups is 2. The van der Waals surface area contributed by atoms with Crippen LogP contribution >= 0.6 is 0 Å². The molecule has 148 valence electrons. The molecule has 0 bridgehead atoms. The monoisotopic (exact) mass is 379 g/mol. The smallest absolute Gasteiger partial charge is 0.313 e. The Morgan fingerprint density at radius 2 is 2.04 bits per heavy atom. The number of hydrogen-bond donors (Lipinski definition) is 1. The van der Waals surface area contributed by atoms with Gasteiger partial charge < -0.3 is 19.5 Å². The van der Waals surface area contributed by atoms with Crippen LogP contribution in [-0.4, -0.2) is 61.9 Å². The molecule has 0 radical (unpaired) electrons. The van der Waals surface area contributed by atoms with Crippen LogP contribution in [0.15, 0.2) is 24.3 Å². The van der Waals surface area contributed by atoms with Crippen molar-refractivity contribution >= 4 is 11.9 Å². The van der Waals surface area contributed by atoms with Gasteiger partial charge in [-0.15, -0.1) is 0 Å². The van der Waals surface area contributed by atoms with E-state index in [1.165, 1.54) is 19.2 Å². The normalized spacial score (nSPS) is 25.2. The lowest BCUT2D eigenvalue weighted by molar-refractivity contribution is -0.161. The first kappa shape index (κ1) is 19.8. The fraction of sp³-hybridized carbons (Fsp3) is 0.600. The molecule has 2 aliphatic heterocycles. The predicted octanol–water partition coefficient (Wildman–Crippen LogP) is 2.21. The first-order chi connectivity index (χ1) is 12.9. The van der Waals surface area contributed by atoms with E-state index in [-0.39, 0.29) is 24.9 Å². The van der Waals surface area contributed by atoms with E-state index in [2.05, 4.69) is 0 Å². The maximum atomic E-state index is 13.9. The quantitative estimate of drug-likeness (QED) is 0.849. The van der Waals surface area contributed by atoms with Gasteiger partial charge in [0.2, 0.25) is 5.91 Å². The van der Waals surface area contributed by atoms with E-state index in [1.54, 1.807) is 17.0 Å². The summed E-state index contributed by atoms with van der Waals surface area (Å²) in [6.45, 7) is 1.49. The van der Waals surface area contributed by atoms with Gasteiger partial charge in [0.1, 0.15) is 11.2 Å². The van der Waals surface area contributed by atoms with E-state index in [0.717, 1.165) is 0 Å². The number of halogens is 1. The average molecular weight is 379 g/mol. The Labute approximate surface area is 158 Å². The molecule has 1 unspecified atom stereocenters. The van der Waals surface area contributed by atoms with Crippen LogP contribution in [0.5, 0.6) is 0 Å². The molecule has 1 atom stereocenters. The fourth-order valence-electron chi connectivity index (χ4n) is 4.37. The minimum absolute atomic E-state index is 0.0577. The molecule has 1 aromatic carbocycles. The van der Waals surface area contributed by atoms with Gasteiger partial charge in [0.25, 0.3) is 0 Å². The van der Waals surface area contributed by atoms with Gasteiger partial charge in [-0.2, -0.15) is 0 Å². The number of amides is 1. The molecule has 3 rings (SSSR count). The third-order valence-corrected chi connectivity index (χ3v) is 5.87. The molecular weight excluding hydrogens is 353 g/mol. The zero-order valence-corrected chi connectivity index (χ0v) is 15.6. The van der Waals surface area contributed by atoms with Crippen molar-refractivity contribution in [1.82, 2.24) is 4.90 Å². The Morgan fingerprint density at radius 3 is 2.67 bits per heavy atom. The van der Waals surface area contributed by atoms with E-state index in [9.17, 15) is 19.1 Å². The van der Waals surface area contributed by atoms with Crippen LogP contribution in [0.1, 0.15) is 31.2 Å². The molecule has 2 fully saturated rings. The van der Waals surface area contributed by atoms with E-state index in [4.69, 9.17) is 9.47 Å². The number of aliphatic carboxylic acids is 1. The van der Waals surface area contributed by atoms with Gasteiger partial charge in [-0.05, 0) is 43.4 Å². The van der Waals surface area contributed by atoms with Crippen LogP contribution in [0.3, 0.4) is 0 Å². The van der Waals surface area contributed by atoms with E-state index in [1.807, 2.05) is 0 Å². The molecule has 0 aliphatic carbocycles. The van der Waals surface area contributed by atoms with Crippen LogP contribution in [0, 0.1) is 11.2 Å². The van der Waals surface area contributed by atoms with Crippen molar-refractivity contribution in [3.05, 3.63) is 35.6 Å². The topological polar surface area (TPSA) is 76.1 Å². The lowest BCUT2D eigenvalue weighted by Gasteiger charge is -2.45. The number of ether oxygens (including phenoxy) is 2. The number of carboxylic acids is 1. The highest BCUT2D eigenvalue weighted by molar-refractivity contribution is 5.89. The summed E-state index contributed by atoms with van der Waals surface area (Å²) < 4.78 is 24.5. The highest BCUT2D eigenvalue weighted by atomic mass is 19.1. The number of methoxy groups -OCH3 is 1. The van der Waals surface area contributed by atoms with Gasteiger partial charge in [0.05, 0.1) is 12.0 Å². The van der Waals surface area contributed by atoms with Crippen LogP contribution in [0.4, 0.5) is 4.39 Å². The highest BCUT2D eigenvalue weighted by Crippen LogP contribution is 2.40.